The van der Waals surface area contributed by atoms with E-state index in [0.717, 1.165) is 11.5 Å². The minimum absolute atomic E-state index is 0.397. The quantitative estimate of drug-likeness (QED) is 0.909. The first-order valence-electron chi connectivity index (χ1n) is 7.89. The summed E-state index contributed by atoms with van der Waals surface area (Å²) in [4.78, 5) is 0. The van der Waals surface area contributed by atoms with Gasteiger partial charge in [0.15, 0.2) is 11.5 Å². The van der Waals surface area contributed by atoms with Crippen LogP contribution in [-0.2, 0) is 0 Å². The first-order valence-corrected chi connectivity index (χ1v) is 7.89. The average Bonchev–Trinajstić information content (AvgIpc) is 2.97. The molecule has 1 aromatic carbocycles. The summed E-state index contributed by atoms with van der Waals surface area (Å²) in [5, 5.41) is 3.84. The summed E-state index contributed by atoms with van der Waals surface area (Å²) in [6.45, 7) is 5.87. The van der Waals surface area contributed by atoms with Crippen LogP contribution in [0.3, 0.4) is 0 Å². The predicted octanol–water partition coefficient (Wildman–Crippen LogP) is 3.69. The van der Waals surface area contributed by atoms with Gasteiger partial charge in [-0.05, 0) is 36.5 Å². The van der Waals surface area contributed by atoms with Crippen LogP contribution in [0.25, 0.3) is 0 Å². The first-order chi connectivity index (χ1) is 9.74. The van der Waals surface area contributed by atoms with Gasteiger partial charge in [0.25, 0.3) is 0 Å². The number of hydrogen-bond acceptors (Lipinski definition) is 3. The zero-order valence-corrected chi connectivity index (χ0v) is 12.5. The van der Waals surface area contributed by atoms with Gasteiger partial charge in [0.05, 0.1) is 0 Å². The van der Waals surface area contributed by atoms with Crippen LogP contribution >= 0.6 is 0 Å². The topological polar surface area (TPSA) is 30.5 Å². The van der Waals surface area contributed by atoms with Gasteiger partial charge in [-0.2, -0.15) is 0 Å². The van der Waals surface area contributed by atoms with Crippen molar-refractivity contribution in [2.75, 3.05) is 13.2 Å². The smallest absolute Gasteiger partial charge is 0.161 e. The van der Waals surface area contributed by atoms with E-state index in [1.54, 1.807) is 0 Å². The Morgan fingerprint density at radius 3 is 2.45 bits per heavy atom. The highest BCUT2D eigenvalue weighted by Gasteiger charge is 2.24. The number of nitrogens with one attached hydrogen (secondary N) is 1. The molecule has 0 radical (unpaired) electrons. The van der Waals surface area contributed by atoms with Crippen LogP contribution in [0.5, 0.6) is 11.5 Å². The summed E-state index contributed by atoms with van der Waals surface area (Å²) in [6.07, 6.45) is 5.36. The SMILES string of the molecule is CC(C)[C@H](NC1CCCC1)c1ccc2c(c1)OCCO2. The summed E-state index contributed by atoms with van der Waals surface area (Å²) >= 11 is 0. The lowest BCUT2D eigenvalue weighted by Gasteiger charge is -2.28. The summed E-state index contributed by atoms with van der Waals surface area (Å²) < 4.78 is 11.3. The molecule has 3 heteroatoms. The Balaban J connectivity index is 1.79. The van der Waals surface area contributed by atoms with Gasteiger partial charge in [0.1, 0.15) is 13.2 Å². The number of benzene rings is 1. The van der Waals surface area contributed by atoms with Gasteiger partial charge in [-0.25, -0.2) is 0 Å². The maximum atomic E-state index is 5.71. The highest BCUT2D eigenvalue weighted by Crippen LogP contribution is 2.35. The monoisotopic (exact) mass is 275 g/mol. The minimum atomic E-state index is 0.397. The molecule has 0 saturated heterocycles. The van der Waals surface area contributed by atoms with Crippen molar-refractivity contribution in [1.29, 1.82) is 0 Å². The maximum Gasteiger partial charge on any atom is 0.161 e. The molecule has 0 spiro atoms. The van der Waals surface area contributed by atoms with Gasteiger partial charge in [0.2, 0.25) is 0 Å². The first kappa shape index (κ1) is 13.7. The van der Waals surface area contributed by atoms with E-state index in [4.69, 9.17) is 9.47 Å². The molecule has 0 bridgehead atoms. The average molecular weight is 275 g/mol. The van der Waals surface area contributed by atoms with E-state index >= 15 is 0 Å². The lowest BCUT2D eigenvalue weighted by molar-refractivity contribution is 0.171. The summed E-state index contributed by atoms with van der Waals surface area (Å²) in [5.74, 6) is 2.34. The molecular weight excluding hydrogens is 250 g/mol. The molecule has 1 aliphatic heterocycles. The van der Waals surface area contributed by atoms with Gasteiger partial charge in [-0.3, -0.25) is 0 Å². The Hall–Kier alpha value is -1.22. The molecule has 110 valence electrons. The van der Waals surface area contributed by atoms with Crippen molar-refractivity contribution in [3.63, 3.8) is 0 Å². The van der Waals surface area contributed by atoms with Crippen LogP contribution in [0.15, 0.2) is 18.2 Å². The molecule has 1 heterocycles. The third-order valence-corrected chi connectivity index (χ3v) is 4.36. The van der Waals surface area contributed by atoms with Crippen LogP contribution in [0.1, 0.15) is 51.1 Å². The number of ether oxygens (including phenoxy) is 2. The standard InChI is InChI=1S/C17H25NO2/c1-12(2)17(18-14-5-3-4-6-14)13-7-8-15-16(11-13)20-10-9-19-15/h7-8,11-12,14,17-18H,3-6,9-10H2,1-2H3/t17-/m0/s1. The van der Waals surface area contributed by atoms with E-state index in [9.17, 15) is 0 Å². The fourth-order valence-corrected chi connectivity index (χ4v) is 3.27. The van der Waals surface area contributed by atoms with Gasteiger partial charge >= 0.3 is 0 Å². The number of fused-ring (bicyclic) bond motifs is 1. The summed E-state index contributed by atoms with van der Waals surface area (Å²) in [7, 11) is 0. The van der Waals surface area contributed by atoms with E-state index < -0.39 is 0 Å². The number of rotatable bonds is 4. The van der Waals surface area contributed by atoms with Crippen molar-refractivity contribution in [3.05, 3.63) is 23.8 Å². The second-order valence-corrected chi connectivity index (χ2v) is 6.27. The highest BCUT2D eigenvalue weighted by molar-refractivity contribution is 5.44. The van der Waals surface area contributed by atoms with Crippen molar-refractivity contribution >= 4 is 0 Å². The van der Waals surface area contributed by atoms with E-state index in [1.165, 1.54) is 31.2 Å². The molecule has 2 aliphatic rings. The molecule has 20 heavy (non-hydrogen) atoms. The third-order valence-electron chi connectivity index (χ3n) is 4.36. The molecule has 0 unspecified atom stereocenters. The van der Waals surface area contributed by atoms with Crippen LogP contribution in [0.4, 0.5) is 0 Å². The van der Waals surface area contributed by atoms with Gasteiger partial charge in [0, 0.05) is 12.1 Å². The largest absolute Gasteiger partial charge is 0.486 e. The van der Waals surface area contributed by atoms with Gasteiger partial charge in [-0.15, -0.1) is 0 Å². The second kappa shape index (κ2) is 6.04. The van der Waals surface area contributed by atoms with Crippen LogP contribution < -0.4 is 14.8 Å². The van der Waals surface area contributed by atoms with E-state index in [2.05, 4.69) is 37.4 Å². The Morgan fingerprint density at radius 1 is 1.05 bits per heavy atom. The zero-order chi connectivity index (χ0) is 13.9. The molecule has 1 aliphatic carbocycles. The molecule has 0 aromatic heterocycles. The molecule has 1 N–H and O–H groups in total. The van der Waals surface area contributed by atoms with Crippen molar-refractivity contribution < 1.29 is 9.47 Å². The molecule has 1 fully saturated rings. The molecule has 3 nitrogen and oxygen atoms in total. The van der Waals surface area contributed by atoms with Crippen LogP contribution in [0.2, 0.25) is 0 Å². The molecule has 3 rings (SSSR count). The second-order valence-electron chi connectivity index (χ2n) is 6.27. The maximum absolute atomic E-state index is 5.71. The lowest BCUT2D eigenvalue weighted by Crippen LogP contribution is -2.33. The summed E-state index contributed by atoms with van der Waals surface area (Å²) in [6, 6.07) is 7.46. The van der Waals surface area contributed by atoms with Crippen molar-refractivity contribution in [3.8, 4) is 11.5 Å². The van der Waals surface area contributed by atoms with Crippen molar-refractivity contribution in [2.45, 2.75) is 51.6 Å². The van der Waals surface area contributed by atoms with Gasteiger partial charge in [-0.1, -0.05) is 32.8 Å². The summed E-state index contributed by atoms with van der Waals surface area (Å²) in [5.41, 5.74) is 1.32. The molecule has 1 aromatic rings. The van der Waals surface area contributed by atoms with Crippen LogP contribution in [-0.4, -0.2) is 19.3 Å². The molecule has 0 amide bonds. The van der Waals surface area contributed by atoms with E-state index in [0.29, 0.717) is 31.2 Å². The van der Waals surface area contributed by atoms with E-state index in [1.807, 2.05) is 0 Å². The van der Waals surface area contributed by atoms with Crippen molar-refractivity contribution in [1.82, 2.24) is 5.32 Å². The Labute approximate surface area is 121 Å². The molecular formula is C17H25NO2. The Morgan fingerprint density at radius 2 is 1.75 bits per heavy atom. The van der Waals surface area contributed by atoms with E-state index in [-0.39, 0.29) is 0 Å². The lowest BCUT2D eigenvalue weighted by atomic mass is 9.94. The Kier molecular flexibility index (Phi) is 4.16. The van der Waals surface area contributed by atoms with Crippen molar-refractivity contribution in [2.24, 2.45) is 5.92 Å². The third kappa shape index (κ3) is 2.93. The molecule has 1 atom stereocenters. The number of hydrogen-bond donors (Lipinski definition) is 1. The fraction of sp³-hybridized carbons (Fsp3) is 0.647. The minimum Gasteiger partial charge on any atom is -0.486 e. The fourth-order valence-electron chi connectivity index (χ4n) is 3.27. The molecule has 1 saturated carbocycles. The zero-order valence-electron chi connectivity index (χ0n) is 12.5. The van der Waals surface area contributed by atoms with Gasteiger partial charge < -0.3 is 14.8 Å². The predicted molar refractivity (Wildman–Crippen MR) is 80.4 cm³/mol. The van der Waals surface area contributed by atoms with Crippen LogP contribution in [0, 0.1) is 5.92 Å². The highest BCUT2D eigenvalue weighted by atomic mass is 16.6. The normalized spacial score (nSPS) is 20.4. The Bertz CT molecular complexity index is 452.